The molecule has 12 nitrogen and oxygen atoms in total. The molecule has 0 unspecified atom stereocenters. The Balaban J connectivity index is -0.0000000145. The van der Waals surface area contributed by atoms with Crippen molar-refractivity contribution in [2.45, 2.75) is 0 Å². The summed E-state index contributed by atoms with van der Waals surface area (Å²) in [6, 6.07) is 0. The minimum Gasteiger partial charge on any atom is -0.373 e. The second kappa shape index (κ2) is 156. The van der Waals surface area contributed by atoms with Gasteiger partial charge >= 0.3 is 54.6 Å². The Morgan fingerprint density at radius 3 is 0.357 bits per heavy atom. The van der Waals surface area contributed by atoms with Gasteiger partial charge in [0.15, 0.2) is 0 Å². The number of nitrogens with zero attached hydrogens (tertiary/aromatic N) is 12. The Hall–Kier alpha value is -0.916. The molecule has 0 aromatic carbocycles. The average molecular weight is 582 g/mol. The van der Waals surface area contributed by atoms with Gasteiger partial charge in [0.25, 0.3) is 0 Å². The van der Waals surface area contributed by atoms with E-state index in [4.69, 9.17) is 44.2 Å². The summed E-state index contributed by atoms with van der Waals surface area (Å²) in [5.41, 5.74) is 54.0. The summed E-state index contributed by atoms with van der Waals surface area (Å²) in [7, 11) is 0. The zero-order chi connectivity index (χ0) is 10.8. The molecule has 0 N–H and O–H groups in total. The monoisotopic (exact) mass is 584 g/mol. The number of hydrogen-bond acceptors (Lipinski definition) is 0. The molecule has 0 saturated carbocycles. The van der Waals surface area contributed by atoms with Gasteiger partial charge < -0.3 is 44.2 Å². The van der Waals surface area contributed by atoms with Crippen molar-refractivity contribution in [3.8, 4) is 0 Å². The minimum absolute atomic E-state index is 0. The first kappa shape index (κ1) is 38.1. The second-order valence-corrected chi connectivity index (χ2v) is 0.358. The molecule has 0 aromatic rings. The minimum atomic E-state index is 0. The summed E-state index contributed by atoms with van der Waals surface area (Å²) in [5.74, 6) is 0. The van der Waals surface area contributed by atoms with Crippen molar-refractivity contribution < 1.29 is 0 Å². The predicted molar refractivity (Wildman–Crippen MR) is 51.8 cm³/mol. The summed E-state index contributed by atoms with van der Waals surface area (Å²) in [6.45, 7) is 0. The Labute approximate surface area is 118 Å². The van der Waals surface area contributed by atoms with E-state index < -0.39 is 0 Å². The van der Waals surface area contributed by atoms with Gasteiger partial charge in [-0.25, -0.2) is 0 Å². The first-order chi connectivity index (χ1) is 5.66. The molecule has 0 fully saturated rings. The van der Waals surface area contributed by atoms with E-state index in [0.717, 1.165) is 0 Å². The van der Waals surface area contributed by atoms with Crippen LogP contribution in [-0.4, -0.2) is 54.6 Å². The second-order valence-electron chi connectivity index (χ2n) is 0.358. The molecule has 0 rings (SSSR count). The van der Waals surface area contributed by atoms with Crippen LogP contribution in [0.2, 0.25) is 0 Å². The fourth-order valence-corrected chi connectivity index (χ4v) is 0. The van der Waals surface area contributed by atoms with E-state index in [9.17, 15) is 0 Å². The van der Waals surface area contributed by atoms with Gasteiger partial charge in [-0.2, -0.15) is 0 Å². The van der Waals surface area contributed by atoms with Crippen molar-refractivity contribution in [1.29, 1.82) is 0 Å². The maximum Gasteiger partial charge on any atom is 2.00 e. The third kappa shape index (κ3) is 1340. The van der Waals surface area contributed by atoms with Gasteiger partial charge in [-0.15, -0.1) is 0 Å². The Morgan fingerprint density at radius 1 is 0.357 bits per heavy atom. The van der Waals surface area contributed by atoms with E-state index in [0.29, 0.717) is 0 Å². The molecule has 14 heavy (non-hydrogen) atoms. The molecule has 0 aliphatic heterocycles. The molecule has 0 aromatic heterocycles. The van der Waals surface area contributed by atoms with Crippen LogP contribution in [0.25, 0.3) is 63.9 Å². The van der Waals surface area contributed by atoms with Crippen molar-refractivity contribution in [2.24, 2.45) is 0 Å². The van der Waals surface area contributed by atoms with Crippen molar-refractivity contribution in [3.05, 3.63) is 63.9 Å². The maximum absolute atomic E-state index is 6.75. The molecule has 4 radical (unpaired) electrons. The third-order valence-electron chi connectivity index (χ3n) is 0. The van der Waals surface area contributed by atoms with E-state index >= 15 is 0 Å². The zero-order valence-electron chi connectivity index (χ0n) is 6.37. The smallest absolute Gasteiger partial charge is 0.373 e. The van der Waals surface area contributed by atoms with Crippen LogP contribution < -0.4 is 0 Å². The van der Waals surface area contributed by atoms with Gasteiger partial charge in [0.05, 0.1) is 0 Å². The average Bonchev–Trinajstić information content (AvgIpc) is 1.92. The summed E-state index contributed by atoms with van der Waals surface area (Å²) >= 11 is 0. The van der Waals surface area contributed by atoms with Gasteiger partial charge in [0.1, 0.15) is 0 Å². The molecular weight excluding hydrogens is 582 g/mol. The van der Waals surface area contributed by atoms with Crippen LogP contribution in [0.1, 0.15) is 0 Å². The van der Waals surface area contributed by atoms with Crippen molar-refractivity contribution in [3.63, 3.8) is 0 Å². The molecule has 0 amide bonds. The number of hydrogen-bond donors (Lipinski definition) is 0. The topological polar surface area (TPSA) is 235 Å². The molecule has 0 aliphatic carbocycles. The summed E-state index contributed by atoms with van der Waals surface area (Å²) in [6.07, 6.45) is 0. The normalized spacial score (nSPS) is 2.29. The standard InChI is InChI=1S/4N3.2Pb/c4*1-3-2;;/q4*-1;2*+2. The van der Waals surface area contributed by atoms with E-state index in [1.165, 1.54) is 19.6 Å². The van der Waals surface area contributed by atoms with Crippen LogP contribution in [0, 0.1) is 0 Å². The first-order valence-electron chi connectivity index (χ1n) is 1.60. The van der Waals surface area contributed by atoms with E-state index in [2.05, 4.69) is 0 Å². The molecular formula is N12Pb2. The van der Waals surface area contributed by atoms with Gasteiger partial charge in [-0.3, -0.25) is 19.6 Å². The van der Waals surface area contributed by atoms with Gasteiger partial charge in [-0.1, -0.05) is 0 Å². The molecule has 0 aliphatic rings. The zero-order valence-corrected chi connectivity index (χ0v) is 14.1. The van der Waals surface area contributed by atoms with E-state index in [-0.39, 0.29) is 54.6 Å². The molecule has 0 bridgehead atoms. The van der Waals surface area contributed by atoms with Gasteiger partial charge in [0.2, 0.25) is 0 Å². The number of rotatable bonds is 0. The molecule has 0 saturated heterocycles. The first-order valence-corrected chi connectivity index (χ1v) is 1.60. The Morgan fingerprint density at radius 2 is 0.357 bits per heavy atom. The quantitative estimate of drug-likeness (QED) is 0.173. The van der Waals surface area contributed by atoms with Crippen molar-refractivity contribution in [1.82, 2.24) is 0 Å². The molecule has 0 spiro atoms. The van der Waals surface area contributed by atoms with Crippen LogP contribution in [0.3, 0.4) is 0 Å². The fraction of sp³-hybridized carbons (Fsp3) is 0. The van der Waals surface area contributed by atoms with E-state index in [1.54, 1.807) is 0 Å². The van der Waals surface area contributed by atoms with Crippen molar-refractivity contribution in [2.75, 3.05) is 0 Å². The Bertz CT molecular complexity index is 140. The van der Waals surface area contributed by atoms with Crippen LogP contribution >= 0.6 is 0 Å². The summed E-state index contributed by atoms with van der Waals surface area (Å²) < 4.78 is 0. The van der Waals surface area contributed by atoms with Crippen LogP contribution in [0.5, 0.6) is 0 Å². The molecule has 0 heterocycles. The van der Waals surface area contributed by atoms with Gasteiger partial charge in [0, 0.05) is 0 Å². The third-order valence-corrected chi connectivity index (χ3v) is 0. The predicted octanol–water partition coefficient (Wildman–Crippen LogP) is 2.70. The summed E-state index contributed by atoms with van der Waals surface area (Å²) in [4.78, 5) is 6.00. The molecule has 14 heteroatoms. The van der Waals surface area contributed by atoms with Crippen LogP contribution in [0.15, 0.2) is 0 Å². The summed E-state index contributed by atoms with van der Waals surface area (Å²) in [5, 5.41) is 0. The largest absolute Gasteiger partial charge is 2.00 e. The van der Waals surface area contributed by atoms with Crippen LogP contribution in [0.4, 0.5) is 0 Å². The SMILES string of the molecule is [N-]=[N+]=[N-].[N-]=[N+]=[N-].[N-]=[N+]=[N-].[N-]=[N+]=[N-].[Pb+2].[Pb+2]. The van der Waals surface area contributed by atoms with Crippen molar-refractivity contribution >= 4 is 54.6 Å². The van der Waals surface area contributed by atoms with E-state index in [1.807, 2.05) is 0 Å². The fourth-order valence-electron chi connectivity index (χ4n) is 0. The Kier molecular flexibility index (Phi) is 424. The van der Waals surface area contributed by atoms with Crippen LogP contribution in [-0.2, 0) is 0 Å². The molecule has 0 atom stereocenters. The van der Waals surface area contributed by atoms with Gasteiger partial charge in [-0.05, 0) is 0 Å². The molecule has 68 valence electrons. The maximum atomic E-state index is 6.75.